The Morgan fingerprint density at radius 2 is 2.13 bits per heavy atom. The first-order chi connectivity index (χ1) is 14.1. The van der Waals surface area contributed by atoms with E-state index in [9.17, 15) is 22.8 Å². The normalized spacial score (nSPS) is 19.7. The number of anilines is 2. The number of carbonyl (C=O) groups is 2. The Hall–Kier alpha value is -3.24. The predicted molar refractivity (Wildman–Crippen MR) is 106 cm³/mol. The Morgan fingerprint density at radius 3 is 2.80 bits per heavy atom. The Kier molecular flexibility index (Phi) is 5.90. The van der Waals surface area contributed by atoms with E-state index in [4.69, 9.17) is 11.5 Å². The molecule has 1 fully saturated rings. The van der Waals surface area contributed by atoms with Crippen molar-refractivity contribution < 1.29 is 22.8 Å². The molecule has 1 saturated heterocycles. The monoisotopic (exact) mass is 424 g/mol. The molecule has 1 aromatic rings. The average molecular weight is 424 g/mol. The lowest BCUT2D eigenvalue weighted by Gasteiger charge is -2.36. The van der Waals surface area contributed by atoms with Gasteiger partial charge in [-0.1, -0.05) is 0 Å². The van der Waals surface area contributed by atoms with Crippen LogP contribution in [0.2, 0.25) is 0 Å². The van der Waals surface area contributed by atoms with Gasteiger partial charge in [-0.3, -0.25) is 14.5 Å². The number of fused-ring (bicyclic) bond motifs is 4. The molecule has 2 atom stereocenters. The van der Waals surface area contributed by atoms with Crippen molar-refractivity contribution in [1.82, 2.24) is 10.3 Å². The van der Waals surface area contributed by atoms with Crippen LogP contribution in [-0.4, -0.2) is 48.1 Å². The highest BCUT2D eigenvalue weighted by Gasteiger charge is 2.41. The number of pyridine rings is 1. The van der Waals surface area contributed by atoms with Gasteiger partial charge >= 0.3 is 6.18 Å². The highest BCUT2D eigenvalue weighted by molar-refractivity contribution is 6.00. The zero-order chi connectivity index (χ0) is 22.1. The lowest BCUT2D eigenvalue weighted by molar-refractivity contribution is -0.149. The molecule has 2 aliphatic heterocycles. The van der Waals surface area contributed by atoms with Gasteiger partial charge in [0.05, 0.1) is 18.2 Å². The Bertz CT molecular complexity index is 899. The van der Waals surface area contributed by atoms with Crippen LogP contribution in [0.25, 0.3) is 0 Å². The molecule has 2 amide bonds. The smallest absolute Gasteiger partial charge is 0.405 e. The van der Waals surface area contributed by atoms with Crippen molar-refractivity contribution in [1.29, 1.82) is 0 Å². The van der Waals surface area contributed by atoms with Gasteiger partial charge in [-0.25, -0.2) is 4.98 Å². The summed E-state index contributed by atoms with van der Waals surface area (Å²) in [7, 11) is 0. The van der Waals surface area contributed by atoms with Gasteiger partial charge in [-0.2, -0.15) is 13.2 Å². The molecule has 0 spiro atoms. The largest absolute Gasteiger partial charge is 0.408 e. The van der Waals surface area contributed by atoms with Crippen LogP contribution in [0.5, 0.6) is 0 Å². The molecule has 3 rings (SSSR count). The van der Waals surface area contributed by atoms with Crippen molar-refractivity contribution >= 4 is 23.3 Å². The summed E-state index contributed by atoms with van der Waals surface area (Å²) >= 11 is 0. The van der Waals surface area contributed by atoms with Crippen LogP contribution in [0.15, 0.2) is 36.2 Å². The van der Waals surface area contributed by atoms with Gasteiger partial charge in [0.1, 0.15) is 11.7 Å². The molecule has 162 valence electrons. The average Bonchev–Trinajstić information content (AvgIpc) is 3.09. The second-order valence-electron chi connectivity index (χ2n) is 7.23. The summed E-state index contributed by atoms with van der Waals surface area (Å²) in [6.45, 7) is 2.17. The summed E-state index contributed by atoms with van der Waals surface area (Å²) in [5.74, 6) is -1.02. The maximum absolute atomic E-state index is 13.0. The van der Waals surface area contributed by atoms with Crippen molar-refractivity contribution in [3.63, 3.8) is 0 Å². The van der Waals surface area contributed by atoms with E-state index in [-0.39, 0.29) is 29.9 Å². The van der Waals surface area contributed by atoms with Crippen molar-refractivity contribution in [3.05, 3.63) is 41.9 Å². The fraction of sp³-hybridized carbons (Fsp3) is 0.421. The number of allylic oxidation sites excluding steroid dienone is 2. The second-order valence-corrected chi connectivity index (χ2v) is 7.23. The number of amides is 2. The Morgan fingerprint density at radius 1 is 1.40 bits per heavy atom. The number of hydrogen-bond acceptors (Lipinski definition) is 6. The molecule has 2 unspecified atom stereocenters. The minimum atomic E-state index is -4.57. The van der Waals surface area contributed by atoms with Gasteiger partial charge in [0.25, 0.3) is 5.91 Å². The summed E-state index contributed by atoms with van der Waals surface area (Å²) in [6, 6.07) is 0.788. The minimum absolute atomic E-state index is 0.0799. The molecule has 5 N–H and O–H groups in total. The van der Waals surface area contributed by atoms with Gasteiger partial charge in [0.15, 0.2) is 5.82 Å². The second kappa shape index (κ2) is 8.25. The third kappa shape index (κ3) is 4.34. The predicted octanol–water partition coefficient (Wildman–Crippen LogP) is 1.39. The highest BCUT2D eigenvalue weighted by Crippen LogP contribution is 2.39. The first-order valence-electron chi connectivity index (χ1n) is 9.40. The molecule has 11 heteroatoms. The molecular formula is C19H23F3N6O2. The standard InChI is InChI=1S/C19H23F3N6O2/c1-11(19(20,21)22)25-18(30)14-4-5-15-17(26-14)28(13-6-8-27(15)10-13)16(29)9-12(24)3-2-7-23/h2-5,7,11,13H,6,8-10,23-24H2,1H3,(H,25,30)/b7-2-,12-3-. The number of carbonyl (C=O) groups excluding carboxylic acids is 2. The summed E-state index contributed by atoms with van der Waals surface area (Å²) in [4.78, 5) is 33.0. The minimum Gasteiger partial charge on any atom is -0.405 e. The number of nitrogens with zero attached hydrogens (tertiary/aromatic N) is 3. The first kappa shape index (κ1) is 21.5. The number of rotatable bonds is 5. The van der Waals surface area contributed by atoms with E-state index >= 15 is 0 Å². The van der Waals surface area contributed by atoms with E-state index in [0.29, 0.717) is 30.9 Å². The molecule has 1 aromatic heterocycles. The third-order valence-corrected chi connectivity index (χ3v) is 5.07. The zero-order valence-corrected chi connectivity index (χ0v) is 16.3. The molecule has 0 aromatic carbocycles. The van der Waals surface area contributed by atoms with E-state index in [0.717, 1.165) is 6.92 Å². The molecule has 0 radical (unpaired) electrons. The van der Waals surface area contributed by atoms with E-state index < -0.39 is 18.1 Å². The van der Waals surface area contributed by atoms with Gasteiger partial charge in [0.2, 0.25) is 5.91 Å². The zero-order valence-electron chi connectivity index (χ0n) is 16.3. The summed E-state index contributed by atoms with van der Waals surface area (Å²) in [6.07, 6.45) is 0.367. The topological polar surface area (TPSA) is 118 Å². The SMILES string of the molecule is CC(NC(=O)c1ccc2c(n1)N(C(=O)C/C(N)=C/C=C\N)C1CCN2C1)C(F)(F)F. The van der Waals surface area contributed by atoms with E-state index in [1.54, 1.807) is 6.07 Å². The number of alkyl halides is 3. The maximum Gasteiger partial charge on any atom is 0.408 e. The molecule has 30 heavy (non-hydrogen) atoms. The Balaban J connectivity index is 1.89. The Labute approximate surface area is 171 Å². The maximum atomic E-state index is 13.0. The van der Waals surface area contributed by atoms with Crippen LogP contribution in [0.4, 0.5) is 24.7 Å². The number of nitrogens with one attached hydrogen (secondary N) is 1. The van der Waals surface area contributed by atoms with Crippen molar-refractivity contribution in [3.8, 4) is 0 Å². The van der Waals surface area contributed by atoms with Gasteiger partial charge < -0.3 is 21.7 Å². The quantitative estimate of drug-likeness (QED) is 0.615. The van der Waals surface area contributed by atoms with Crippen LogP contribution < -0.4 is 26.6 Å². The molecule has 2 aliphatic rings. The van der Waals surface area contributed by atoms with Crippen LogP contribution in [0, 0.1) is 0 Å². The lowest BCUT2D eigenvalue weighted by atomic mass is 10.1. The van der Waals surface area contributed by atoms with E-state index in [2.05, 4.69) is 4.98 Å². The van der Waals surface area contributed by atoms with Crippen LogP contribution >= 0.6 is 0 Å². The summed E-state index contributed by atoms with van der Waals surface area (Å²) < 4.78 is 38.3. The summed E-state index contributed by atoms with van der Waals surface area (Å²) in [5, 5.41) is 1.89. The lowest BCUT2D eigenvalue weighted by Crippen LogP contribution is -2.47. The van der Waals surface area contributed by atoms with Crippen molar-refractivity contribution in [2.75, 3.05) is 22.9 Å². The van der Waals surface area contributed by atoms with Crippen LogP contribution in [0.1, 0.15) is 30.3 Å². The summed E-state index contributed by atoms with van der Waals surface area (Å²) in [5.41, 5.74) is 11.9. The van der Waals surface area contributed by atoms with E-state index in [1.165, 1.54) is 29.3 Å². The molecular weight excluding hydrogens is 401 g/mol. The molecule has 8 nitrogen and oxygen atoms in total. The van der Waals surface area contributed by atoms with Gasteiger partial charge in [0, 0.05) is 18.8 Å². The molecule has 0 saturated carbocycles. The number of nitrogens with two attached hydrogens (primary N) is 2. The fourth-order valence-electron chi connectivity index (χ4n) is 3.51. The molecule has 2 bridgehead atoms. The van der Waals surface area contributed by atoms with Gasteiger partial charge in [-0.05, 0) is 43.8 Å². The van der Waals surface area contributed by atoms with Crippen LogP contribution in [0.3, 0.4) is 0 Å². The number of aromatic nitrogens is 1. The molecule has 0 aliphatic carbocycles. The number of hydrogen-bond donors (Lipinski definition) is 3. The van der Waals surface area contributed by atoms with Crippen molar-refractivity contribution in [2.24, 2.45) is 11.5 Å². The van der Waals surface area contributed by atoms with Crippen molar-refractivity contribution in [2.45, 2.75) is 38.0 Å². The van der Waals surface area contributed by atoms with E-state index in [1.807, 2.05) is 10.2 Å². The third-order valence-electron chi connectivity index (χ3n) is 5.07. The fourth-order valence-corrected chi connectivity index (χ4v) is 3.51. The molecule has 3 heterocycles. The highest BCUT2D eigenvalue weighted by atomic mass is 19.4. The number of halogens is 3. The first-order valence-corrected chi connectivity index (χ1v) is 9.40. The van der Waals surface area contributed by atoms with Gasteiger partial charge in [-0.15, -0.1) is 0 Å². The van der Waals surface area contributed by atoms with Crippen LogP contribution in [-0.2, 0) is 4.79 Å².